The predicted octanol–water partition coefficient (Wildman–Crippen LogP) is 3.72. The van der Waals surface area contributed by atoms with Crippen LogP contribution in [-0.4, -0.2) is 33.7 Å². The maximum atomic E-state index is 12.6. The highest BCUT2D eigenvalue weighted by Gasteiger charge is 2.55. The van der Waals surface area contributed by atoms with Gasteiger partial charge in [-0.1, -0.05) is 30.3 Å². The van der Waals surface area contributed by atoms with Crippen molar-refractivity contribution < 1.29 is 4.79 Å². The summed E-state index contributed by atoms with van der Waals surface area (Å²) in [5.74, 6) is 0.710. The van der Waals surface area contributed by atoms with Crippen molar-refractivity contribution in [2.45, 2.75) is 44.2 Å². The van der Waals surface area contributed by atoms with Gasteiger partial charge in [-0.15, -0.1) is 0 Å². The second kappa shape index (κ2) is 5.65. The Morgan fingerprint density at radius 3 is 2.67 bits per heavy atom. The van der Waals surface area contributed by atoms with Gasteiger partial charge in [0.25, 0.3) is 0 Å². The van der Waals surface area contributed by atoms with E-state index >= 15 is 0 Å². The number of nitrogens with one attached hydrogen (secondary N) is 2. The van der Waals surface area contributed by atoms with Crippen molar-refractivity contribution in [1.82, 2.24) is 20.4 Å². The maximum absolute atomic E-state index is 12.6. The molecule has 0 bridgehead atoms. The number of rotatable bonds is 5. The SMILES string of the molecule is C[C@H](c1cc(-c2ccccc2)n[nH]1)N(C)C(=O)NC1(C2CC2)CC1. The maximum Gasteiger partial charge on any atom is 0.318 e. The smallest absolute Gasteiger partial charge is 0.318 e. The third-order valence-corrected chi connectivity index (χ3v) is 5.52. The normalized spacial score (nSPS) is 19.6. The van der Waals surface area contributed by atoms with Crippen molar-refractivity contribution in [2.24, 2.45) is 5.92 Å². The molecule has 1 aromatic carbocycles. The van der Waals surface area contributed by atoms with E-state index in [0.29, 0.717) is 5.92 Å². The first kappa shape index (κ1) is 15.2. The van der Waals surface area contributed by atoms with Crippen LogP contribution in [0.5, 0.6) is 0 Å². The summed E-state index contributed by atoms with van der Waals surface area (Å²) in [5, 5.41) is 10.7. The van der Waals surface area contributed by atoms with Crippen molar-refractivity contribution in [3.63, 3.8) is 0 Å². The van der Waals surface area contributed by atoms with E-state index in [-0.39, 0.29) is 17.6 Å². The zero-order chi connectivity index (χ0) is 16.7. The third kappa shape index (κ3) is 2.79. The van der Waals surface area contributed by atoms with Gasteiger partial charge in [0.15, 0.2) is 0 Å². The summed E-state index contributed by atoms with van der Waals surface area (Å²) in [6.45, 7) is 2.03. The minimum atomic E-state index is -0.0510. The van der Waals surface area contributed by atoms with Gasteiger partial charge in [-0.25, -0.2) is 4.79 Å². The Balaban J connectivity index is 1.44. The van der Waals surface area contributed by atoms with Crippen molar-refractivity contribution in [3.8, 4) is 11.3 Å². The quantitative estimate of drug-likeness (QED) is 0.880. The summed E-state index contributed by atoms with van der Waals surface area (Å²) in [6, 6.07) is 12.1. The van der Waals surface area contributed by atoms with E-state index in [1.165, 1.54) is 12.8 Å². The van der Waals surface area contributed by atoms with Crippen LogP contribution in [0.4, 0.5) is 4.79 Å². The summed E-state index contributed by atoms with van der Waals surface area (Å²) < 4.78 is 0. The molecule has 2 aliphatic rings. The Bertz CT molecular complexity index is 731. The van der Waals surface area contributed by atoms with Crippen LogP contribution in [-0.2, 0) is 0 Å². The number of aromatic nitrogens is 2. The zero-order valence-corrected chi connectivity index (χ0v) is 14.2. The number of carbonyl (C=O) groups is 1. The standard InChI is InChI=1S/C19H24N4O/c1-13(16-12-17(22-21-16)14-6-4-3-5-7-14)23(2)18(24)20-19(10-11-19)15-8-9-15/h3-7,12-13,15H,8-11H2,1-2H3,(H,20,24)(H,21,22)/t13-/m1/s1. The second-order valence-electron chi connectivity index (χ2n) is 7.22. The number of hydrogen-bond donors (Lipinski definition) is 2. The third-order valence-electron chi connectivity index (χ3n) is 5.52. The van der Waals surface area contributed by atoms with Gasteiger partial charge in [-0.2, -0.15) is 5.10 Å². The van der Waals surface area contributed by atoms with Crippen LogP contribution in [0.15, 0.2) is 36.4 Å². The topological polar surface area (TPSA) is 61.0 Å². The molecule has 1 aromatic heterocycles. The van der Waals surface area contributed by atoms with Crippen molar-refractivity contribution in [3.05, 3.63) is 42.1 Å². The molecule has 2 amide bonds. The fourth-order valence-corrected chi connectivity index (χ4v) is 3.40. The molecule has 5 nitrogen and oxygen atoms in total. The van der Waals surface area contributed by atoms with Crippen LogP contribution in [0.3, 0.4) is 0 Å². The molecule has 1 atom stereocenters. The molecule has 126 valence electrons. The van der Waals surface area contributed by atoms with Gasteiger partial charge in [0, 0.05) is 18.2 Å². The highest BCUT2D eigenvalue weighted by Crippen LogP contribution is 2.53. The highest BCUT2D eigenvalue weighted by molar-refractivity contribution is 5.76. The number of amides is 2. The van der Waals surface area contributed by atoms with Crippen molar-refractivity contribution >= 4 is 6.03 Å². The average molecular weight is 324 g/mol. The van der Waals surface area contributed by atoms with E-state index < -0.39 is 0 Å². The molecule has 0 unspecified atom stereocenters. The molecule has 1 heterocycles. The van der Waals surface area contributed by atoms with E-state index in [1.54, 1.807) is 4.90 Å². The molecular formula is C19H24N4O. The number of nitrogens with zero attached hydrogens (tertiary/aromatic N) is 2. The first-order valence-corrected chi connectivity index (χ1v) is 8.75. The fourth-order valence-electron chi connectivity index (χ4n) is 3.40. The van der Waals surface area contributed by atoms with Crippen molar-refractivity contribution in [1.29, 1.82) is 0 Å². The minimum absolute atomic E-state index is 0.0164. The van der Waals surface area contributed by atoms with Crippen LogP contribution in [0.25, 0.3) is 11.3 Å². The Morgan fingerprint density at radius 1 is 1.33 bits per heavy atom. The zero-order valence-electron chi connectivity index (χ0n) is 14.2. The summed E-state index contributed by atoms with van der Waals surface area (Å²) in [6.07, 6.45) is 4.79. The largest absolute Gasteiger partial charge is 0.332 e. The number of benzene rings is 1. The lowest BCUT2D eigenvalue weighted by molar-refractivity contribution is 0.186. The molecule has 2 fully saturated rings. The van der Waals surface area contributed by atoms with Gasteiger partial charge in [0.1, 0.15) is 0 Å². The van der Waals surface area contributed by atoms with Gasteiger partial charge in [0.2, 0.25) is 0 Å². The van der Waals surface area contributed by atoms with Crippen LogP contribution < -0.4 is 5.32 Å². The summed E-state index contributed by atoms with van der Waals surface area (Å²) >= 11 is 0. The van der Waals surface area contributed by atoms with E-state index in [1.807, 2.05) is 50.4 Å². The van der Waals surface area contributed by atoms with E-state index in [2.05, 4.69) is 15.5 Å². The fraction of sp³-hybridized carbons (Fsp3) is 0.474. The van der Waals surface area contributed by atoms with Gasteiger partial charge in [-0.05, 0) is 44.6 Å². The number of urea groups is 1. The van der Waals surface area contributed by atoms with Gasteiger partial charge < -0.3 is 10.2 Å². The predicted molar refractivity (Wildman–Crippen MR) is 93.4 cm³/mol. The number of H-pyrrole nitrogens is 1. The number of aromatic amines is 1. The lowest BCUT2D eigenvalue weighted by atomic mass is 10.1. The molecule has 0 radical (unpaired) electrons. The molecule has 0 aliphatic heterocycles. The van der Waals surface area contributed by atoms with Crippen LogP contribution in [0.2, 0.25) is 0 Å². The summed E-state index contributed by atoms with van der Waals surface area (Å²) in [5.41, 5.74) is 3.03. The van der Waals surface area contributed by atoms with E-state index in [0.717, 1.165) is 29.8 Å². The molecule has 0 spiro atoms. The number of hydrogen-bond acceptors (Lipinski definition) is 2. The van der Waals surface area contributed by atoms with Gasteiger partial charge in [0.05, 0.1) is 17.4 Å². The van der Waals surface area contributed by atoms with Crippen LogP contribution in [0, 0.1) is 5.92 Å². The van der Waals surface area contributed by atoms with E-state index in [4.69, 9.17) is 0 Å². The lowest BCUT2D eigenvalue weighted by Crippen LogP contribution is -2.46. The van der Waals surface area contributed by atoms with E-state index in [9.17, 15) is 4.79 Å². The van der Waals surface area contributed by atoms with Crippen LogP contribution in [0.1, 0.15) is 44.3 Å². The Hall–Kier alpha value is -2.30. The molecule has 24 heavy (non-hydrogen) atoms. The summed E-state index contributed by atoms with van der Waals surface area (Å²) in [4.78, 5) is 14.4. The van der Waals surface area contributed by atoms with Crippen molar-refractivity contribution in [2.75, 3.05) is 7.05 Å². The number of carbonyl (C=O) groups excluding carboxylic acids is 1. The molecule has 2 N–H and O–H groups in total. The monoisotopic (exact) mass is 324 g/mol. The first-order valence-electron chi connectivity index (χ1n) is 8.75. The molecule has 2 saturated carbocycles. The molecule has 4 rings (SSSR count). The second-order valence-corrected chi connectivity index (χ2v) is 7.22. The lowest BCUT2D eigenvalue weighted by Gasteiger charge is -2.27. The Kier molecular flexibility index (Phi) is 3.59. The van der Waals surface area contributed by atoms with Gasteiger partial charge >= 0.3 is 6.03 Å². The molecule has 0 saturated heterocycles. The average Bonchev–Trinajstić information content (AvgIpc) is 3.53. The first-order chi connectivity index (χ1) is 11.6. The molecule has 2 aliphatic carbocycles. The molecule has 2 aromatic rings. The Labute approximate surface area is 142 Å². The van der Waals surface area contributed by atoms with Crippen LogP contribution >= 0.6 is 0 Å². The highest BCUT2D eigenvalue weighted by atomic mass is 16.2. The minimum Gasteiger partial charge on any atom is -0.332 e. The Morgan fingerprint density at radius 2 is 2.04 bits per heavy atom. The molecule has 5 heteroatoms. The summed E-state index contributed by atoms with van der Waals surface area (Å²) in [7, 11) is 1.85. The molecular weight excluding hydrogens is 300 g/mol. The van der Waals surface area contributed by atoms with Gasteiger partial charge in [-0.3, -0.25) is 5.10 Å².